The molecule has 1 unspecified atom stereocenters. The lowest BCUT2D eigenvalue weighted by Gasteiger charge is -2.30. The Kier molecular flexibility index (Phi) is 5.11. The summed E-state index contributed by atoms with van der Waals surface area (Å²) in [6, 6.07) is 5.46. The first-order valence-electron chi connectivity index (χ1n) is 7.48. The van der Waals surface area contributed by atoms with E-state index in [1.807, 2.05) is 12.1 Å². The van der Waals surface area contributed by atoms with Crippen LogP contribution in [-0.4, -0.2) is 18.0 Å². The molecule has 0 bridgehead atoms. The zero-order valence-electron chi connectivity index (χ0n) is 12.9. The highest BCUT2D eigenvalue weighted by atomic mass is 127. The van der Waals surface area contributed by atoms with Crippen molar-refractivity contribution in [3.63, 3.8) is 0 Å². The van der Waals surface area contributed by atoms with Crippen molar-refractivity contribution in [3.8, 4) is 0 Å². The Morgan fingerprint density at radius 3 is 2.57 bits per heavy atom. The monoisotopic (exact) mass is 402 g/mol. The van der Waals surface area contributed by atoms with Gasteiger partial charge in [-0.15, -0.1) is 0 Å². The van der Waals surface area contributed by atoms with Crippen LogP contribution < -0.4 is 4.90 Å². The number of nitrogens with zero attached hydrogens (tertiary/aromatic N) is 2. The molecular formula is C16H23IN2O2. The van der Waals surface area contributed by atoms with Gasteiger partial charge in [-0.25, -0.2) is 0 Å². The maximum Gasteiger partial charge on any atom is 0.282 e. The first-order chi connectivity index (χ1) is 9.79. The predicted molar refractivity (Wildman–Crippen MR) is 94.8 cm³/mol. The van der Waals surface area contributed by atoms with Crippen molar-refractivity contribution in [3.05, 3.63) is 31.9 Å². The molecule has 1 aliphatic heterocycles. The topological polar surface area (TPSA) is 46.4 Å². The molecule has 1 aliphatic rings. The van der Waals surface area contributed by atoms with Crippen molar-refractivity contribution in [1.29, 1.82) is 0 Å². The van der Waals surface area contributed by atoms with Crippen molar-refractivity contribution in [2.45, 2.75) is 40.0 Å². The van der Waals surface area contributed by atoms with Crippen LogP contribution in [0.3, 0.4) is 0 Å². The minimum atomic E-state index is -0.316. The summed E-state index contributed by atoms with van der Waals surface area (Å²) in [4.78, 5) is 13.0. The Labute approximate surface area is 140 Å². The van der Waals surface area contributed by atoms with Crippen molar-refractivity contribution >= 4 is 34.0 Å². The fourth-order valence-corrected chi connectivity index (χ4v) is 3.76. The number of hydrogen-bond acceptors (Lipinski definition) is 3. The largest absolute Gasteiger partial charge is 0.371 e. The van der Waals surface area contributed by atoms with Crippen LogP contribution in [0, 0.1) is 25.0 Å². The molecule has 0 aliphatic carbocycles. The van der Waals surface area contributed by atoms with Crippen LogP contribution in [-0.2, 0) is 0 Å². The van der Waals surface area contributed by atoms with Gasteiger partial charge < -0.3 is 4.90 Å². The maximum absolute atomic E-state index is 10.9. The molecule has 116 valence electrons. The Balaban J connectivity index is 2.13. The molecule has 1 saturated heterocycles. The summed E-state index contributed by atoms with van der Waals surface area (Å²) in [6.07, 6.45) is 3.65. The summed E-state index contributed by atoms with van der Waals surface area (Å²) in [7, 11) is 0. The van der Waals surface area contributed by atoms with E-state index in [-0.39, 0.29) is 10.6 Å². The zero-order valence-corrected chi connectivity index (χ0v) is 15.1. The molecule has 1 aromatic carbocycles. The average Bonchev–Trinajstić information content (AvgIpc) is 2.63. The molecule has 1 fully saturated rings. The predicted octanol–water partition coefficient (Wildman–Crippen LogP) is 4.85. The quantitative estimate of drug-likeness (QED) is 0.404. The highest BCUT2D eigenvalue weighted by molar-refractivity contribution is 14.1. The molecule has 5 heteroatoms. The smallest absolute Gasteiger partial charge is 0.282 e. The van der Waals surface area contributed by atoms with E-state index < -0.39 is 0 Å². The van der Waals surface area contributed by atoms with Crippen LogP contribution in [0.5, 0.6) is 0 Å². The summed E-state index contributed by atoms with van der Waals surface area (Å²) in [5.74, 6) is 0.750. The van der Waals surface area contributed by atoms with E-state index in [0.29, 0.717) is 8.99 Å². The lowest BCUT2D eigenvalue weighted by atomic mass is 9.77. The Morgan fingerprint density at radius 1 is 1.29 bits per heavy atom. The first kappa shape index (κ1) is 16.5. The molecular weight excluding hydrogens is 379 g/mol. The number of halogens is 1. The van der Waals surface area contributed by atoms with Crippen molar-refractivity contribution in [2.24, 2.45) is 11.3 Å². The molecule has 0 radical (unpaired) electrons. The van der Waals surface area contributed by atoms with E-state index >= 15 is 0 Å². The standard InChI is InChI=1S/C16H23IN2O2/c1-16(2,3)12-5-4-9-18(10-8-12)13-6-7-15(19(20)21)14(17)11-13/h6-7,11-12H,4-5,8-10H2,1-3H3. The normalized spacial score (nSPS) is 20.2. The minimum absolute atomic E-state index is 0.196. The van der Waals surface area contributed by atoms with E-state index in [2.05, 4.69) is 48.3 Å². The fourth-order valence-electron chi connectivity index (χ4n) is 3.06. The molecule has 0 amide bonds. The van der Waals surface area contributed by atoms with E-state index in [1.54, 1.807) is 6.07 Å². The molecule has 1 heterocycles. The van der Waals surface area contributed by atoms with Crippen molar-refractivity contribution in [1.82, 2.24) is 0 Å². The van der Waals surface area contributed by atoms with Crippen LogP contribution >= 0.6 is 22.6 Å². The molecule has 1 aromatic rings. The van der Waals surface area contributed by atoms with Crippen LogP contribution in [0.2, 0.25) is 0 Å². The third-order valence-corrected chi connectivity index (χ3v) is 5.31. The second-order valence-corrected chi connectivity index (χ2v) is 8.04. The molecule has 4 nitrogen and oxygen atoms in total. The average molecular weight is 402 g/mol. The molecule has 0 N–H and O–H groups in total. The number of benzene rings is 1. The number of hydrogen-bond donors (Lipinski definition) is 0. The highest BCUT2D eigenvalue weighted by Gasteiger charge is 2.27. The lowest BCUT2D eigenvalue weighted by molar-refractivity contribution is -0.385. The number of nitro benzene ring substituents is 1. The van der Waals surface area contributed by atoms with Gasteiger partial charge in [0.2, 0.25) is 0 Å². The molecule has 0 spiro atoms. The van der Waals surface area contributed by atoms with E-state index in [0.717, 1.165) is 24.7 Å². The Morgan fingerprint density at radius 2 is 2.00 bits per heavy atom. The van der Waals surface area contributed by atoms with E-state index in [1.165, 1.54) is 19.3 Å². The number of rotatable bonds is 2. The van der Waals surface area contributed by atoms with Gasteiger partial charge in [-0.2, -0.15) is 0 Å². The van der Waals surface area contributed by atoms with Crippen LogP contribution in [0.25, 0.3) is 0 Å². The van der Waals surface area contributed by atoms with E-state index in [4.69, 9.17) is 0 Å². The third kappa shape index (κ3) is 4.08. The third-order valence-electron chi connectivity index (χ3n) is 4.45. The summed E-state index contributed by atoms with van der Waals surface area (Å²) >= 11 is 2.06. The summed E-state index contributed by atoms with van der Waals surface area (Å²) in [5, 5.41) is 10.9. The number of anilines is 1. The van der Waals surface area contributed by atoms with Crippen molar-refractivity contribution in [2.75, 3.05) is 18.0 Å². The van der Waals surface area contributed by atoms with Gasteiger partial charge >= 0.3 is 0 Å². The highest BCUT2D eigenvalue weighted by Crippen LogP contribution is 2.36. The van der Waals surface area contributed by atoms with Gasteiger partial charge in [0, 0.05) is 24.8 Å². The summed E-state index contributed by atoms with van der Waals surface area (Å²) in [6.45, 7) is 9.04. The summed E-state index contributed by atoms with van der Waals surface area (Å²) in [5.41, 5.74) is 1.67. The van der Waals surface area contributed by atoms with Crippen LogP contribution in [0.4, 0.5) is 11.4 Å². The molecule has 0 saturated carbocycles. The van der Waals surface area contributed by atoms with Gasteiger partial charge in [-0.05, 0) is 65.3 Å². The lowest BCUT2D eigenvalue weighted by Crippen LogP contribution is -2.26. The van der Waals surface area contributed by atoms with Gasteiger partial charge in [0.25, 0.3) is 5.69 Å². The van der Waals surface area contributed by atoms with Crippen molar-refractivity contribution < 1.29 is 4.92 Å². The molecule has 1 atom stereocenters. The van der Waals surface area contributed by atoms with Crippen LogP contribution in [0.1, 0.15) is 40.0 Å². The fraction of sp³-hybridized carbons (Fsp3) is 0.625. The van der Waals surface area contributed by atoms with Gasteiger partial charge in [-0.3, -0.25) is 10.1 Å². The van der Waals surface area contributed by atoms with Gasteiger partial charge in [-0.1, -0.05) is 20.8 Å². The Bertz CT molecular complexity index is 525. The number of nitro groups is 1. The molecule has 2 rings (SSSR count). The second kappa shape index (κ2) is 6.50. The van der Waals surface area contributed by atoms with Gasteiger partial charge in [0.15, 0.2) is 0 Å². The maximum atomic E-state index is 10.9. The molecule has 0 aromatic heterocycles. The van der Waals surface area contributed by atoms with Gasteiger partial charge in [0.05, 0.1) is 8.49 Å². The first-order valence-corrected chi connectivity index (χ1v) is 8.56. The SMILES string of the molecule is CC(C)(C)C1CCCN(c2ccc([N+](=O)[O-])c(I)c2)CC1. The van der Waals surface area contributed by atoms with E-state index in [9.17, 15) is 10.1 Å². The second-order valence-electron chi connectivity index (χ2n) is 6.87. The minimum Gasteiger partial charge on any atom is -0.371 e. The Hall–Kier alpha value is -0.850. The summed E-state index contributed by atoms with van der Waals surface area (Å²) < 4.78 is 0.715. The van der Waals surface area contributed by atoms with Gasteiger partial charge in [0.1, 0.15) is 0 Å². The zero-order chi connectivity index (χ0) is 15.6. The van der Waals surface area contributed by atoms with Crippen LogP contribution in [0.15, 0.2) is 18.2 Å². The molecule has 21 heavy (non-hydrogen) atoms.